The molecule has 0 bridgehead atoms. The third-order valence-corrected chi connectivity index (χ3v) is 5.17. The SMILES string of the molecule is Cn1c(CN2CCC(O)CC2)nnc1[C@H]1CCCN(CC(N)=O)C1. The molecule has 0 saturated carbocycles. The lowest BCUT2D eigenvalue weighted by atomic mass is 9.97. The van der Waals surface area contributed by atoms with Gasteiger partial charge in [0.15, 0.2) is 0 Å². The number of primary amides is 1. The molecule has 0 aliphatic carbocycles. The van der Waals surface area contributed by atoms with Gasteiger partial charge in [-0.2, -0.15) is 0 Å². The minimum absolute atomic E-state index is 0.158. The Bertz CT molecular complexity index is 567. The molecule has 3 heterocycles. The maximum absolute atomic E-state index is 11.2. The van der Waals surface area contributed by atoms with E-state index in [0.717, 1.165) is 70.1 Å². The molecule has 2 aliphatic heterocycles. The van der Waals surface area contributed by atoms with Crippen LogP contribution in [0.4, 0.5) is 0 Å². The zero-order chi connectivity index (χ0) is 17.1. The molecule has 0 radical (unpaired) electrons. The maximum Gasteiger partial charge on any atom is 0.231 e. The first kappa shape index (κ1) is 17.3. The van der Waals surface area contributed by atoms with E-state index in [1.165, 1.54) is 0 Å². The van der Waals surface area contributed by atoms with Gasteiger partial charge in [-0.05, 0) is 32.2 Å². The van der Waals surface area contributed by atoms with Crippen molar-refractivity contribution in [2.24, 2.45) is 12.8 Å². The number of rotatable bonds is 5. The quantitative estimate of drug-likeness (QED) is 0.747. The van der Waals surface area contributed by atoms with E-state index in [-0.39, 0.29) is 12.0 Å². The normalized spacial score (nSPS) is 24.3. The molecule has 1 atom stereocenters. The van der Waals surface area contributed by atoms with E-state index in [2.05, 4.69) is 24.6 Å². The van der Waals surface area contributed by atoms with Crippen LogP contribution in [0, 0.1) is 0 Å². The molecule has 1 aromatic heterocycles. The van der Waals surface area contributed by atoms with E-state index in [1.54, 1.807) is 0 Å². The first-order valence-electron chi connectivity index (χ1n) is 8.82. The van der Waals surface area contributed by atoms with Crippen molar-refractivity contribution in [2.75, 3.05) is 32.7 Å². The second kappa shape index (κ2) is 7.58. The lowest BCUT2D eigenvalue weighted by Gasteiger charge is -2.31. The number of carbonyl (C=O) groups excluding carboxylic acids is 1. The van der Waals surface area contributed by atoms with Crippen molar-refractivity contribution in [1.82, 2.24) is 24.6 Å². The predicted octanol–water partition coefficient (Wildman–Crippen LogP) is -0.563. The molecule has 2 aliphatic rings. The number of amides is 1. The number of hydrogen-bond donors (Lipinski definition) is 2. The minimum atomic E-state index is -0.276. The molecular formula is C16H28N6O2. The van der Waals surface area contributed by atoms with E-state index in [1.807, 2.05) is 7.05 Å². The number of carbonyl (C=O) groups is 1. The van der Waals surface area contributed by atoms with E-state index in [0.29, 0.717) is 12.5 Å². The Morgan fingerprint density at radius 3 is 2.67 bits per heavy atom. The maximum atomic E-state index is 11.2. The highest BCUT2D eigenvalue weighted by molar-refractivity contribution is 5.75. The molecule has 0 unspecified atom stereocenters. The number of aliphatic hydroxyl groups is 1. The van der Waals surface area contributed by atoms with Crippen LogP contribution in [-0.2, 0) is 18.4 Å². The number of likely N-dealkylation sites (tertiary alicyclic amines) is 2. The summed E-state index contributed by atoms with van der Waals surface area (Å²) in [5.74, 6) is 1.98. The molecule has 8 nitrogen and oxygen atoms in total. The number of piperidine rings is 2. The summed E-state index contributed by atoms with van der Waals surface area (Å²) in [6.45, 7) is 4.62. The third kappa shape index (κ3) is 4.12. The van der Waals surface area contributed by atoms with Crippen LogP contribution >= 0.6 is 0 Å². The summed E-state index contributed by atoms with van der Waals surface area (Å²) < 4.78 is 2.10. The van der Waals surface area contributed by atoms with E-state index in [9.17, 15) is 9.90 Å². The molecule has 8 heteroatoms. The fraction of sp³-hybridized carbons (Fsp3) is 0.812. The lowest BCUT2D eigenvalue weighted by Crippen LogP contribution is -2.40. The van der Waals surface area contributed by atoms with Crippen LogP contribution in [0.2, 0.25) is 0 Å². The summed E-state index contributed by atoms with van der Waals surface area (Å²) in [6.07, 6.45) is 3.61. The number of nitrogens with two attached hydrogens (primary N) is 1. The minimum Gasteiger partial charge on any atom is -0.393 e. The molecule has 1 aromatic rings. The Hall–Kier alpha value is -1.51. The van der Waals surface area contributed by atoms with E-state index >= 15 is 0 Å². The number of aliphatic hydroxyl groups excluding tert-OH is 1. The first-order chi connectivity index (χ1) is 11.5. The summed E-state index contributed by atoms with van der Waals surface area (Å²) in [7, 11) is 2.02. The summed E-state index contributed by atoms with van der Waals surface area (Å²) in [6, 6.07) is 0. The summed E-state index contributed by atoms with van der Waals surface area (Å²) in [5, 5.41) is 18.4. The number of nitrogens with zero attached hydrogens (tertiary/aromatic N) is 5. The molecule has 3 rings (SSSR count). The largest absolute Gasteiger partial charge is 0.393 e. The molecule has 1 amide bonds. The number of hydrogen-bond acceptors (Lipinski definition) is 6. The van der Waals surface area contributed by atoms with Crippen molar-refractivity contribution in [3.8, 4) is 0 Å². The zero-order valence-electron chi connectivity index (χ0n) is 14.4. The predicted molar refractivity (Wildman–Crippen MR) is 89.1 cm³/mol. The Labute approximate surface area is 142 Å². The average molecular weight is 336 g/mol. The van der Waals surface area contributed by atoms with Gasteiger partial charge in [0.05, 0.1) is 19.2 Å². The Kier molecular flexibility index (Phi) is 5.47. The van der Waals surface area contributed by atoms with Crippen LogP contribution in [-0.4, -0.2) is 74.4 Å². The van der Waals surface area contributed by atoms with Crippen LogP contribution in [0.15, 0.2) is 0 Å². The highest BCUT2D eigenvalue weighted by Gasteiger charge is 2.27. The Balaban J connectivity index is 1.62. The van der Waals surface area contributed by atoms with Gasteiger partial charge < -0.3 is 15.4 Å². The molecule has 2 saturated heterocycles. The van der Waals surface area contributed by atoms with Gasteiger partial charge in [-0.15, -0.1) is 10.2 Å². The van der Waals surface area contributed by atoms with Gasteiger partial charge in [0, 0.05) is 32.6 Å². The van der Waals surface area contributed by atoms with Gasteiger partial charge in [-0.25, -0.2) is 0 Å². The summed E-state index contributed by atoms with van der Waals surface area (Å²) in [5.41, 5.74) is 5.32. The highest BCUT2D eigenvalue weighted by Crippen LogP contribution is 2.26. The van der Waals surface area contributed by atoms with Crippen LogP contribution in [0.5, 0.6) is 0 Å². The molecule has 0 spiro atoms. The fourth-order valence-corrected chi connectivity index (χ4v) is 3.78. The van der Waals surface area contributed by atoms with Gasteiger partial charge in [0.2, 0.25) is 5.91 Å². The van der Waals surface area contributed by atoms with Gasteiger partial charge in [-0.3, -0.25) is 14.6 Å². The van der Waals surface area contributed by atoms with Crippen molar-refractivity contribution in [1.29, 1.82) is 0 Å². The fourth-order valence-electron chi connectivity index (χ4n) is 3.78. The second-order valence-corrected chi connectivity index (χ2v) is 7.08. The van der Waals surface area contributed by atoms with Crippen molar-refractivity contribution in [3.63, 3.8) is 0 Å². The number of aromatic nitrogens is 3. The van der Waals surface area contributed by atoms with E-state index < -0.39 is 0 Å². The van der Waals surface area contributed by atoms with E-state index in [4.69, 9.17) is 5.73 Å². The van der Waals surface area contributed by atoms with Crippen LogP contribution in [0.1, 0.15) is 43.3 Å². The monoisotopic (exact) mass is 336 g/mol. The lowest BCUT2D eigenvalue weighted by molar-refractivity contribution is -0.119. The van der Waals surface area contributed by atoms with Crippen molar-refractivity contribution >= 4 is 5.91 Å². The van der Waals surface area contributed by atoms with Gasteiger partial charge >= 0.3 is 0 Å². The van der Waals surface area contributed by atoms with Crippen LogP contribution in [0.25, 0.3) is 0 Å². The first-order valence-corrected chi connectivity index (χ1v) is 8.82. The van der Waals surface area contributed by atoms with Crippen molar-refractivity contribution in [2.45, 2.75) is 44.2 Å². The Morgan fingerprint density at radius 1 is 1.21 bits per heavy atom. The second-order valence-electron chi connectivity index (χ2n) is 7.08. The highest BCUT2D eigenvalue weighted by atomic mass is 16.3. The standard InChI is InChI=1S/C16H28N6O2/c1-20-15(11-21-7-4-13(23)5-8-21)18-19-16(20)12-3-2-6-22(9-12)10-14(17)24/h12-13,23H,2-11H2,1H3,(H2,17,24)/t12-/m0/s1. The molecule has 24 heavy (non-hydrogen) atoms. The zero-order valence-corrected chi connectivity index (χ0v) is 14.4. The Morgan fingerprint density at radius 2 is 1.96 bits per heavy atom. The average Bonchev–Trinajstić information content (AvgIpc) is 2.90. The summed E-state index contributed by atoms with van der Waals surface area (Å²) in [4.78, 5) is 15.6. The molecule has 134 valence electrons. The topological polar surface area (TPSA) is 101 Å². The smallest absolute Gasteiger partial charge is 0.231 e. The van der Waals surface area contributed by atoms with Gasteiger partial charge in [-0.1, -0.05) is 0 Å². The molecular weight excluding hydrogens is 308 g/mol. The van der Waals surface area contributed by atoms with Crippen molar-refractivity contribution < 1.29 is 9.90 Å². The van der Waals surface area contributed by atoms with Crippen molar-refractivity contribution in [3.05, 3.63) is 11.6 Å². The van der Waals surface area contributed by atoms with Crippen LogP contribution in [0.3, 0.4) is 0 Å². The van der Waals surface area contributed by atoms with Crippen LogP contribution < -0.4 is 5.73 Å². The molecule has 0 aromatic carbocycles. The van der Waals surface area contributed by atoms with Gasteiger partial charge in [0.25, 0.3) is 0 Å². The van der Waals surface area contributed by atoms with Gasteiger partial charge in [0.1, 0.15) is 11.6 Å². The molecule has 2 fully saturated rings. The third-order valence-electron chi connectivity index (χ3n) is 5.17. The molecule has 3 N–H and O–H groups in total. The summed E-state index contributed by atoms with van der Waals surface area (Å²) >= 11 is 0.